The molecule has 5 heteroatoms. The molecule has 1 atom stereocenters. The Hall–Kier alpha value is -2.14. The first kappa shape index (κ1) is 18.2. The van der Waals surface area contributed by atoms with Gasteiger partial charge >= 0.3 is 0 Å². The van der Waals surface area contributed by atoms with Crippen molar-refractivity contribution >= 4 is 11.7 Å². The average molecular weight is 330 g/mol. The van der Waals surface area contributed by atoms with Gasteiger partial charge in [0.05, 0.1) is 0 Å². The molecule has 5 nitrogen and oxygen atoms in total. The van der Waals surface area contributed by atoms with Gasteiger partial charge in [0.2, 0.25) is 0 Å². The van der Waals surface area contributed by atoms with E-state index in [-0.39, 0.29) is 11.9 Å². The molecule has 1 heterocycles. The predicted molar refractivity (Wildman–Crippen MR) is 94.8 cm³/mol. The third-order valence-electron chi connectivity index (χ3n) is 4.16. The van der Waals surface area contributed by atoms with Crippen LogP contribution in [0, 0.1) is 12.8 Å². The molecule has 0 aliphatic heterocycles. The largest absolute Gasteiger partial charge is 0.360 e. The van der Waals surface area contributed by atoms with Crippen molar-refractivity contribution in [3.8, 4) is 0 Å². The number of nitrogens with one attached hydrogen (secondary N) is 1. The van der Waals surface area contributed by atoms with Gasteiger partial charge in [0.1, 0.15) is 11.8 Å². The Balaban J connectivity index is 1.96. The second kappa shape index (κ2) is 8.11. The zero-order chi connectivity index (χ0) is 17.7. The number of amides is 1. The van der Waals surface area contributed by atoms with E-state index in [1.165, 1.54) is 11.1 Å². The number of quaternary nitrogens is 1. The van der Waals surface area contributed by atoms with Crippen molar-refractivity contribution in [2.75, 3.05) is 11.9 Å². The van der Waals surface area contributed by atoms with Crippen LogP contribution in [0.5, 0.6) is 0 Å². The highest BCUT2D eigenvalue weighted by atomic mass is 16.5. The smallest absolute Gasteiger partial charge is 0.280 e. The monoisotopic (exact) mass is 330 g/mol. The number of rotatable bonds is 7. The van der Waals surface area contributed by atoms with E-state index < -0.39 is 0 Å². The maximum atomic E-state index is 12.1. The molecule has 2 aromatic rings. The van der Waals surface area contributed by atoms with E-state index in [0.29, 0.717) is 30.0 Å². The lowest BCUT2D eigenvalue weighted by molar-refractivity contribution is -0.692. The van der Waals surface area contributed by atoms with E-state index >= 15 is 0 Å². The van der Waals surface area contributed by atoms with Crippen molar-refractivity contribution in [1.82, 2.24) is 5.16 Å². The van der Waals surface area contributed by atoms with Gasteiger partial charge in [0.25, 0.3) is 5.91 Å². The molecule has 0 saturated carbocycles. The van der Waals surface area contributed by atoms with Crippen molar-refractivity contribution in [2.45, 2.75) is 46.6 Å². The van der Waals surface area contributed by atoms with Gasteiger partial charge in [0, 0.05) is 17.5 Å². The van der Waals surface area contributed by atoms with Crippen LogP contribution < -0.4 is 10.6 Å². The molecular weight excluding hydrogens is 302 g/mol. The van der Waals surface area contributed by atoms with E-state index in [1.807, 2.05) is 0 Å². The molecule has 0 aliphatic rings. The summed E-state index contributed by atoms with van der Waals surface area (Å²) in [6, 6.07) is 10.7. The molecule has 0 bridgehead atoms. The third-order valence-corrected chi connectivity index (χ3v) is 4.16. The van der Waals surface area contributed by atoms with Crippen LogP contribution in [0.4, 0.5) is 5.82 Å². The summed E-state index contributed by atoms with van der Waals surface area (Å²) in [5.74, 6) is 2.02. The molecule has 1 aromatic carbocycles. The maximum absolute atomic E-state index is 12.1. The van der Waals surface area contributed by atoms with Gasteiger partial charge in [-0.25, -0.2) is 0 Å². The highest BCUT2D eigenvalue weighted by Gasteiger charge is 2.21. The number of benzene rings is 1. The number of carbonyl (C=O) groups is 1. The Morgan fingerprint density at radius 2 is 1.79 bits per heavy atom. The summed E-state index contributed by atoms with van der Waals surface area (Å²) in [7, 11) is 0. The van der Waals surface area contributed by atoms with E-state index in [1.54, 1.807) is 13.0 Å². The fourth-order valence-electron chi connectivity index (χ4n) is 2.75. The quantitative estimate of drug-likeness (QED) is 0.820. The SMILES string of the molecule is Cc1cc(NC(=O)C[NH2+][C@H](c2ccc(C(C)C)cc2)C(C)C)no1. The summed E-state index contributed by atoms with van der Waals surface area (Å²) in [6.45, 7) is 10.9. The number of hydrogen-bond donors (Lipinski definition) is 2. The summed E-state index contributed by atoms with van der Waals surface area (Å²) in [4.78, 5) is 12.1. The number of aryl methyl sites for hydroxylation is 1. The van der Waals surface area contributed by atoms with Gasteiger partial charge in [-0.2, -0.15) is 0 Å². The molecule has 3 N–H and O–H groups in total. The number of carbonyl (C=O) groups excluding carboxylic acids is 1. The van der Waals surface area contributed by atoms with Gasteiger partial charge < -0.3 is 15.2 Å². The maximum Gasteiger partial charge on any atom is 0.280 e. The second-order valence-electron chi connectivity index (χ2n) is 6.90. The fraction of sp³-hybridized carbons (Fsp3) is 0.474. The minimum Gasteiger partial charge on any atom is -0.360 e. The Morgan fingerprint density at radius 1 is 1.17 bits per heavy atom. The summed E-state index contributed by atoms with van der Waals surface area (Å²) in [5.41, 5.74) is 2.58. The van der Waals surface area contributed by atoms with Crippen LogP contribution in [0.25, 0.3) is 0 Å². The van der Waals surface area contributed by atoms with E-state index in [0.717, 1.165) is 0 Å². The number of hydrogen-bond acceptors (Lipinski definition) is 3. The molecule has 0 saturated heterocycles. The van der Waals surface area contributed by atoms with E-state index in [9.17, 15) is 4.79 Å². The normalized spacial score (nSPS) is 12.6. The molecule has 1 amide bonds. The highest BCUT2D eigenvalue weighted by Crippen LogP contribution is 2.21. The minimum atomic E-state index is -0.0762. The molecule has 0 unspecified atom stereocenters. The lowest BCUT2D eigenvalue weighted by atomic mass is 9.93. The molecule has 2 rings (SSSR count). The highest BCUT2D eigenvalue weighted by molar-refractivity contribution is 5.90. The minimum absolute atomic E-state index is 0.0762. The Morgan fingerprint density at radius 3 is 2.29 bits per heavy atom. The van der Waals surface area contributed by atoms with Crippen LogP contribution in [-0.4, -0.2) is 17.6 Å². The predicted octanol–water partition coefficient (Wildman–Crippen LogP) is 3.01. The lowest BCUT2D eigenvalue weighted by Crippen LogP contribution is -2.88. The first-order chi connectivity index (χ1) is 11.4. The molecule has 0 spiro atoms. The van der Waals surface area contributed by atoms with Crippen LogP contribution in [0.3, 0.4) is 0 Å². The van der Waals surface area contributed by atoms with E-state index in [4.69, 9.17) is 4.52 Å². The third kappa shape index (κ3) is 4.93. The van der Waals surface area contributed by atoms with Crippen LogP contribution in [-0.2, 0) is 4.79 Å². The number of aromatic nitrogens is 1. The molecule has 0 radical (unpaired) electrons. The van der Waals surface area contributed by atoms with Gasteiger partial charge in [0.15, 0.2) is 12.4 Å². The van der Waals surface area contributed by atoms with Gasteiger partial charge in [-0.3, -0.25) is 4.79 Å². The summed E-state index contributed by atoms with van der Waals surface area (Å²) >= 11 is 0. The first-order valence-corrected chi connectivity index (χ1v) is 8.53. The second-order valence-corrected chi connectivity index (χ2v) is 6.90. The molecule has 24 heavy (non-hydrogen) atoms. The standard InChI is InChI=1S/C19H27N3O2/c1-12(2)15-6-8-16(9-7-15)19(13(3)4)20-11-18(23)21-17-10-14(5)24-22-17/h6-10,12-13,19-20H,11H2,1-5H3,(H,21,22,23)/p+1/t19-/m0/s1. The lowest BCUT2D eigenvalue weighted by Gasteiger charge is -2.20. The Kier molecular flexibility index (Phi) is 6.15. The Bertz CT molecular complexity index is 660. The van der Waals surface area contributed by atoms with Gasteiger partial charge in [-0.15, -0.1) is 0 Å². The zero-order valence-electron chi connectivity index (χ0n) is 15.2. The van der Waals surface area contributed by atoms with Crippen molar-refractivity contribution in [3.63, 3.8) is 0 Å². The number of nitrogens with two attached hydrogens (primary N) is 1. The fourth-order valence-corrected chi connectivity index (χ4v) is 2.75. The molecule has 130 valence electrons. The Labute approximate surface area is 143 Å². The number of nitrogens with zero attached hydrogens (tertiary/aromatic N) is 1. The summed E-state index contributed by atoms with van der Waals surface area (Å²) in [5, 5.41) is 8.62. The molecule has 0 aliphatic carbocycles. The van der Waals surface area contributed by atoms with Crippen LogP contribution >= 0.6 is 0 Å². The van der Waals surface area contributed by atoms with Crippen LogP contribution in [0.1, 0.15) is 56.5 Å². The van der Waals surface area contributed by atoms with Gasteiger partial charge in [-0.1, -0.05) is 57.1 Å². The topological polar surface area (TPSA) is 71.7 Å². The van der Waals surface area contributed by atoms with Gasteiger partial charge in [-0.05, 0) is 18.4 Å². The van der Waals surface area contributed by atoms with Crippen LogP contribution in [0.2, 0.25) is 0 Å². The summed E-state index contributed by atoms with van der Waals surface area (Å²) in [6.07, 6.45) is 0. The van der Waals surface area contributed by atoms with Crippen molar-refractivity contribution in [1.29, 1.82) is 0 Å². The van der Waals surface area contributed by atoms with Crippen molar-refractivity contribution in [3.05, 3.63) is 47.2 Å². The van der Waals surface area contributed by atoms with Crippen molar-refractivity contribution in [2.24, 2.45) is 5.92 Å². The van der Waals surface area contributed by atoms with Crippen LogP contribution in [0.15, 0.2) is 34.9 Å². The van der Waals surface area contributed by atoms with Crippen molar-refractivity contribution < 1.29 is 14.6 Å². The zero-order valence-corrected chi connectivity index (χ0v) is 15.2. The molecular formula is C19H28N3O2+. The van der Waals surface area contributed by atoms with E-state index in [2.05, 4.69) is 67.8 Å². The molecule has 0 fully saturated rings. The molecule has 1 aromatic heterocycles. The number of anilines is 1. The summed E-state index contributed by atoms with van der Waals surface area (Å²) < 4.78 is 4.95. The first-order valence-electron chi connectivity index (χ1n) is 8.53. The average Bonchev–Trinajstić information content (AvgIpc) is 2.92.